The smallest absolute Gasteiger partial charge is 0.325 e. The molecule has 1 aromatic carbocycles. The predicted molar refractivity (Wildman–Crippen MR) is 118 cm³/mol. The van der Waals surface area contributed by atoms with Gasteiger partial charge in [-0.05, 0) is 38.0 Å². The highest BCUT2D eigenvalue weighted by molar-refractivity contribution is 7.89. The number of amides is 4. The average Bonchev–Trinajstić information content (AvgIpc) is 2.97. The van der Waals surface area contributed by atoms with Crippen LogP contribution in [-0.2, 0) is 24.3 Å². The molecule has 0 aliphatic carbocycles. The lowest BCUT2D eigenvalue weighted by Crippen LogP contribution is -2.44. The molecule has 2 aliphatic heterocycles. The molecule has 2 fully saturated rings. The summed E-state index contributed by atoms with van der Waals surface area (Å²) in [4.78, 5) is 38.5. The van der Waals surface area contributed by atoms with Gasteiger partial charge in [0.05, 0.1) is 18.1 Å². The Kier molecular flexibility index (Phi) is 7.21. The van der Waals surface area contributed by atoms with E-state index in [1.54, 1.807) is 26.0 Å². The Bertz CT molecular complexity index is 1010. The van der Waals surface area contributed by atoms with Crippen LogP contribution in [0.3, 0.4) is 0 Å². The number of anilines is 1. The molecule has 32 heavy (non-hydrogen) atoms. The number of sulfonamides is 1. The molecule has 0 bridgehead atoms. The van der Waals surface area contributed by atoms with Crippen LogP contribution in [0.2, 0.25) is 0 Å². The number of urea groups is 1. The van der Waals surface area contributed by atoms with Crippen LogP contribution in [0.15, 0.2) is 23.1 Å². The number of hydrogen-bond acceptors (Lipinski definition) is 6. The molecule has 2 heterocycles. The van der Waals surface area contributed by atoms with E-state index in [9.17, 15) is 22.8 Å². The second-order valence-corrected chi connectivity index (χ2v) is 10.2. The Labute approximate surface area is 188 Å². The van der Waals surface area contributed by atoms with Crippen molar-refractivity contribution in [1.82, 2.24) is 14.5 Å². The third kappa shape index (κ3) is 4.94. The second kappa shape index (κ2) is 9.55. The predicted octanol–water partition coefficient (Wildman–Crippen LogP) is 1.46. The summed E-state index contributed by atoms with van der Waals surface area (Å²) >= 11 is 0. The minimum atomic E-state index is -3.74. The molecule has 0 saturated carbocycles. The van der Waals surface area contributed by atoms with Gasteiger partial charge in [-0.3, -0.25) is 14.5 Å². The van der Waals surface area contributed by atoms with Crippen LogP contribution < -0.4 is 10.6 Å². The fourth-order valence-corrected chi connectivity index (χ4v) is 5.48. The van der Waals surface area contributed by atoms with Gasteiger partial charge in [0.15, 0.2) is 0 Å². The summed E-state index contributed by atoms with van der Waals surface area (Å²) in [5, 5.41) is 5.27. The van der Waals surface area contributed by atoms with Crippen molar-refractivity contribution in [3.63, 3.8) is 0 Å². The van der Waals surface area contributed by atoms with Gasteiger partial charge in [0.25, 0.3) is 5.91 Å². The quantitative estimate of drug-likeness (QED) is 0.559. The van der Waals surface area contributed by atoms with Crippen LogP contribution in [0.25, 0.3) is 0 Å². The third-order valence-electron chi connectivity index (χ3n) is 5.74. The Morgan fingerprint density at radius 3 is 2.59 bits per heavy atom. The van der Waals surface area contributed by atoms with E-state index in [2.05, 4.69) is 10.6 Å². The van der Waals surface area contributed by atoms with Crippen LogP contribution in [0.1, 0.15) is 38.7 Å². The number of carbonyl (C=O) groups excluding carboxylic acids is 3. The fraction of sp³-hybridized carbons (Fsp3) is 0.571. The minimum absolute atomic E-state index is 0.0966. The molecule has 0 radical (unpaired) electrons. The van der Waals surface area contributed by atoms with Crippen molar-refractivity contribution in [2.45, 2.75) is 50.5 Å². The SMILES string of the molecule is CCCC[C@@]1(C)NC(=O)N(CC(=O)Nc2ccc(C)c(S(=O)(=O)N3CCOCC3)c2)C1=O. The normalized spacial score (nSPS) is 22.2. The zero-order valence-corrected chi connectivity index (χ0v) is 19.5. The first kappa shape index (κ1) is 24.1. The molecule has 3 rings (SSSR count). The number of hydrogen-bond donors (Lipinski definition) is 2. The van der Waals surface area contributed by atoms with Gasteiger partial charge < -0.3 is 15.4 Å². The van der Waals surface area contributed by atoms with Crippen molar-refractivity contribution in [2.24, 2.45) is 0 Å². The number of benzene rings is 1. The monoisotopic (exact) mass is 466 g/mol. The van der Waals surface area contributed by atoms with Crippen LogP contribution in [-0.4, -0.2) is 73.9 Å². The van der Waals surface area contributed by atoms with E-state index in [-0.39, 0.29) is 23.7 Å². The number of aryl methyl sites for hydroxylation is 1. The molecular formula is C21H30N4O6S. The van der Waals surface area contributed by atoms with Gasteiger partial charge in [0.1, 0.15) is 12.1 Å². The van der Waals surface area contributed by atoms with Crippen molar-refractivity contribution in [3.05, 3.63) is 23.8 Å². The number of morpholine rings is 1. The molecule has 0 spiro atoms. The Hall–Kier alpha value is -2.50. The lowest BCUT2D eigenvalue weighted by Gasteiger charge is -2.27. The molecule has 0 unspecified atom stereocenters. The highest BCUT2D eigenvalue weighted by Gasteiger charge is 2.47. The number of imide groups is 1. The molecule has 1 atom stereocenters. The number of carbonyl (C=O) groups is 3. The van der Waals surface area contributed by atoms with E-state index in [0.29, 0.717) is 25.2 Å². The van der Waals surface area contributed by atoms with Crippen molar-refractivity contribution in [3.8, 4) is 0 Å². The summed E-state index contributed by atoms with van der Waals surface area (Å²) in [7, 11) is -3.74. The Morgan fingerprint density at radius 2 is 1.94 bits per heavy atom. The Balaban J connectivity index is 1.71. The molecule has 0 aromatic heterocycles. The summed E-state index contributed by atoms with van der Waals surface area (Å²) in [6, 6.07) is 3.99. The fourth-order valence-electron chi connectivity index (χ4n) is 3.82. The molecule has 2 saturated heterocycles. The number of ether oxygens (including phenoxy) is 1. The molecule has 4 amide bonds. The molecule has 1 aromatic rings. The first-order valence-electron chi connectivity index (χ1n) is 10.7. The summed E-state index contributed by atoms with van der Waals surface area (Å²) in [6.45, 7) is 6.07. The molecule has 2 aliphatic rings. The number of nitrogens with one attached hydrogen (secondary N) is 2. The summed E-state index contributed by atoms with van der Waals surface area (Å²) in [6.07, 6.45) is 2.14. The van der Waals surface area contributed by atoms with E-state index in [0.717, 1.165) is 17.7 Å². The minimum Gasteiger partial charge on any atom is -0.379 e. The highest BCUT2D eigenvalue weighted by atomic mass is 32.2. The van der Waals surface area contributed by atoms with Gasteiger partial charge in [0, 0.05) is 18.8 Å². The van der Waals surface area contributed by atoms with Crippen molar-refractivity contribution < 1.29 is 27.5 Å². The molecule has 11 heteroatoms. The first-order chi connectivity index (χ1) is 15.1. The average molecular weight is 467 g/mol. The van der Waals surface area contributed by atoms with Crippen LogP contribution >= 0.6 is 0 Å². The second-order valence-electron chi connectivity index (χ2n) is 8.30. The van der Waals surface area contributed by atoms with E-state index in [4.69, 9.17) is 4.74 Å². The molecule has 2 N–H and O–H groups in total. The van der Waals surface area contributed by atoms with Crippen molar-refractivity contribution in [2.75, 3.05) is 38.2 Å². The van der Waals surface area contributed by atoms with Crippen LogP contribution in [0, 0.1) is 6.92 Å². The van der Waals surface area contributed by atoms with Gasteiger partial charge in [-0.2, -0.15) is 4.31 Å². The molecule has 10 nitrogen and oxygen atoms in total. The highest BCUT2D eigenvalue weighted by Crippen LogP contribution is 2.26. The summed E-state index contributed by atoms with van der Waals surface area (Å²) in [5.74, 6) is -1.03. The van der Waals surface area contributed by atoms with Gasteiger partial charge in [-0.15, -0.1) is 0 Å². The van der Waals surface area contributed by atoms with Crippen LogP contribution in [0.4, 0.5) is 10.5 Å². The summed E-state index contributed by atoms with van der Waals surface area (Å²) in [5.41, 5.74) is -0.195. The third-order valence-corrected chi connectivity index (χ3v) is 7.78. The van der Waals surface area contributed by atoms with Crippen molar-refractivity contribution in [1.29, 1.82) is 0 Å². The number of nitrogens with zero attached hydrogens (tertiary/aromatic N) is 2. The zero-order chi connectivity index (χ0) is 23.5. The lowest BCUT2D eigenvalue weighted by atomic mass is 9.95. The van der Waals surface area contributed by atoms with Crippen LogP contribution in [0.5, 0.6) is 0 Å². The maximum Gasteiger partial charge on any atom is 0.325 e. The van der Waals surface area contributed by atoms with E-state index < -0.39 is 40.0 Å². The van der Waals surface area contributed by atoms with E-state index >= 15 is 0 Å². The van der Waals surface area contributed by atoms with Gasteiger partial charge in [0.2, 0.25) is 15.9 Å². The lowest BCUT2D eigenvalue weighted by molar-refractivity contribution is -0.133. The number of rotatable bonds is 8. The Morgan fingerprint density at radius 1 is 1.25 bits per heavy atom. The maximum absolute atomic E-state index is 13.0. The number of unbranched alkanes of at least 4 members (excludes halogenated alkanes) is 1. The molecular weight excluding hydrogens is 436 g/mol. The zero-order valence-electron chi connectivity index (χ0n) is 18.6. The van der Waals surface area contributed by atoms with Gasteiger partial charge >= 0.3 is 6.03 Å². The first-order valence-corrected chi connectivity index (χ1v) is 12.1. The van der Waals surface area contributed by atoms with E-state index in [1.165, 1.54) is 10.4 Å². The van der Waals surface area contributed by atoms with Gasteiger partial charge in [-0.1, -0.05) is 25.8 Å². The van der Waals surface area contributed by atoms with Crippen molar-refractivity contribution >= 4 is 33.6 Å². The molecule has 176 valence electrons. The maximum atomic E-state index is 13.0. The summed E-state index contributed by atoms with van der Waals surface area (Å²) < 4.78 is 32.6. The largest absolute Gasteiger partial charge is 0.379 e. The van der Waals surface area contributed by atoms with Gasteiger partial charge in [-0.25, -0.2) is 13.2 Å². The standard InChI is InChI=1S/C21H30N4O6S/c1-4-5-8-21(3)19(27)25(20(28)23-21)14-18(26)22-16-7-6-15(2)17(13-16)32(29,30)24-9-11-31-12-10-24/h6-7,13H,4-5,8-12,14H2,1-3H3,(H,22,26)(H,23,28)/t21-/m1/s1. The van der Waals surface area contributed by atoms with E-state index in [1.807, 2.05) is 6.92 Å². The topological polar surface area (TPSA) is 125 Å².